The molecule has 0 spiro atoms. The highest BCUT2D eigenvalue weighted by atomic mass is 79.9. The molecule has 1 aromatic carbocycles. The first kappa shape index (κ1) is 16.3. The van der Waals surface area contributed by atoms with Crippen molar-refractivity contribution < 1.29 is 9.59 Å². The summed E-state index contributed by atoms with van der Waals surface area (Å²) in [4.78, 5) is 25.4. The zero-order chi connectivity index (χ0) is 15.6. The summed E-state index contributed by atoms with van der Waals surface area (Å²) < 4.78 is 0.811. The third-order valence-electron chi connectivity index (χ3n) is 3.75. The van der Waals surface area contributed by atoms with Gasteiger partial charge in [-0.05, 0) is 59.3 Å². The minimum absolute atomic E-state index is 0.0401. The Bertz CT molecular complexity index is 554. The SMILES string of the molecule is Cc1cc(C(=O)N2CCCC(CC(N)=O)C2)cc(Cl)c1Br. The molecule has 1 aliphatic heterocycles. The van der Waals surface area contributed by atoms with Gasteiger partial charge in [0.05, 0.1) is 5.02 Å². The molecule has 6 heteroatoms. The first-order valence-corrected chi connectivity index (χ1v) is 8.08. The maximum atomic E-state index is 12.6. The Hall–Kier alpha value is -1.07. The monoisotopic (exact) mass is 372 g/mol. The summed E-state index contributed by atoms with van der Waals surface area (Å²) in [5.74, 6) is -0.189. The molecule has 1 atom stereocenters. The van der Waals surface area contributed by atoms with Gasteiger partial charge in [-0.25, -0.2) is 0 Å². The molecule has 0 aromatic heterocycles. The number of carbonyl (C=O) groups excluding carboxylic acids is 2. The second-order valence-electron chi connectivity index (χ2n) is 5.52. The Kier molecular flexibility index (Phi) is 5.27. The van der Waals surface area contributed by atoms with Gasteiger partial charge in [0.1, 0.15) is 0 Å². The van der Waals surface area contributed by atoms with Crippen LogP contribution in [0.15, 0.2) is 16.6 Å². The smallest absolute Gasteiger partial charge is 0.253 e. The zero-order valence-electron chi connectivity index (χ0n) is 11.9. The number of nitrogens with two attached hydrogens (primary N) is 1. The summed E-state index contributed by atoms with van der Waals surface area (Å²) in [5, 5.41) is 0.532. The van der Waals surface area contributed by atoms with Crippen LogP contribution >= 0.6 is 27.5 Å². The van der Waals surface area contributed by atoms with E-state index in [2.05, 4.69) is 15.9 Å². The summed E-state index contributed by atoms with van der Waals surface area (Å²) in [6.45, 7) is 3.19. The van der Waals surface area contributed by atoms with Crippen molar-refractivity contribution in [1.29, 1.82) is 0 Å². The molecule has 0 saturated carbocycles. The van der Waals surface area contributed by atoms with Gasteiger partial charge in [0, 0.05) is 29.5 Å². The van der Waals surface area contributed by atoms with Gasteiger partial charge in [0.15, 0.2) is 0 Å². The van der Waals surface area contributed by atoms with E-state index < -0.39 is 0 Å². The maximum Gasteiger partial charge on any atom is 0.253 e. The van der Waals surface area contributed by atoms with Gasteiger partial charge in [0.25, 0.3) is 5.91 Å². The molecule has 2 amide bonds. The van der Waals surface area contributed by atoms with Crippen molar-refractivity contribution in [1.82, 2.24) is 4.90 Å². The lowest BCUT2D eigenvalue weighted by Crippen LogP contribution is -2.41. The molecular weight excluding hydrogens is 356 g/mol. The zero-order valence-corrected chi connectivity index (χ0v) is 14.2. The van der Waals surface area contributed by atoms with Gasteiger partial charge in [0.2, 0.25) is 5.91 Å². The predicted molar refractivity (Wildman–Crippen MR) is 86.3 cm³/mol. The van der Waals surface area contributed by atoms with Gasteiger partial charge in [-0.3, -0.25) is 9.59 Å². The average molecular weight is 374 g/mol. The Morgan fingerprint density at radius 1 is 1.48 bits per heavy atom. The first-order chi connectivity index (χ1) is 9.88. The number of piperidine rings is 1. The largest absolute Gasteiger partial charge is 0.370 e. The Morgan fingerprint density at radius 3 is 2.81 bits per heavy atom. The lowest BCUT2D eigenvalue weighted by molar-refractivity contribution is -0.119. The molecular formula is C15H18BrClN2O2. The van der Waals surface area contributed by atoms with Crippen LogP contribution < -0.4 is 5.73 Å². The number of hydrogen-bond donors (Lipinski definition) is 1. The number of amides is 2. The van der Waals surface area contributed by atoms with Gasteiger partial charge < -0.3 is 10.6 Å². The van der Waals surface area contributed by atoms with Crippen molar-refractivity contribution in [3.05, 3.63) is 32.8 Å². The highest BCUT2D eigenvalue weighted by Crippen LogP contribution is 2.29. The van der Waals surface area contributed by atoms with Crippen LogP contribution in [0.25, 0.3) is 0 Å². The second kappa shape index (κ2) is 6.79. The molecule has 1 aliphatic rings. The summed E-state index contributed by atoms with van der Waals surface area (Å²) in [7, 11) is 0. The van der Waals surface area contributed by atoms with Gasteiger partial charge in [-0.1, -0.05) is 11.6 Å². The van der Waals surface area contributed by atoms with Crippen LogP contribution in [0.4, 0.5) is 0 Å². The van der Waals surface area contributed by atoms with Gasteiger partial charge >= 0.3 is 0 Å². The van der Waals surface area contributed by atoms with E-state index in [1.54, 1.807) is 11.0 Å². The number of carbonyl (C=O) groups is 2. The molecule has 1 fully saturated rings. The summed E-state index contributed by atoms with van der Waals surface area (Å²) in [5.41, 5.74) is 6.76. The normalized spacial score (nSPS) is 18.6. The lowest BCUT2D eigenvalue weighted by atomic mass is 9.94. The van der Waals surface area contributed by atoms with E-state index in [1.165, 1.54) is 0 Å². The molecule has 114 valence electrons. The number of hydrogen-bond acceptors (Lipinski definition) is 2. The fraction of sp³-hybridized carbons (Fsp3) is 0.467. The Balaban J connectivity index is 2.14. The molecule has 1 heterocycles. The van der Waals surface area contributed by atoms with Crippen LogP contribution in [-0.2, 0) is 4.79 Å². The van der Waals surface area contributed by atoms with E-state index in [4.69, 9.17) is 17.3 Å². The molecule has 2 rings (SSSR count). The van der Waals surface area contributed by atoms with Crippen molar-refractivity contribution >= 4 is 39.3 Å². The minimum Gasteiger partial charge on any atom is -0.370 e. The number of halogens is 2. The summed E-state index contributed by atoms with van der Waals surface area (Å²) in [6.07, 6.45) is 2.17. The van der Waals surface area contributed by atoms with Crippen LogP contribution in [0, 0.1) is 12.8 Å². The third-order valence-corrected chi connectivity index (χ3v) is 5.33. The fourth-order valence-electron chi connectivity index (χ4n) is 2.73. The fourth-order valence-corrected chi connectivity index (χ4v) is 3.23. The van der Waals surface area contributed by atoms with E-state index in [-0.39, 0.29) is 17.7 Å². The highest BCUT2D eigenvalue weighted by molar-refractivity contribution is 9.10. The van der Waals surface area contributed by atoms with Crippen LogP contribution in [-0.4, -0.2) is 29.8 Å². The van der Waals surface area contributed by atoms with E-state index in [0.29, 0.717) is 30.1 Å². The molecule has 1 aromatic rings. The molecule has 4 nitrogen and oxygen atoms in total. The number of nitrogens with zero attached hydrogens (tertiary/aromatic N) is 1. The van der Waals surface area contributed by atoms with Crippen LogP contribution in [0.3, 0.4) is 0 Å². The van der Waals surface area contributed by atoms with Gasteiger partial charge in [-0.15, -0.1) is 0 Å². The predicted octanol–water partition coefficient (Wildman–Crippen LogP) is 3.14. The van der Waals surface area contributed by atoms with Crippen LogP contribution in [0.2, 0.25) is 5.02 Å². The number of rotatable bonds is 3. The Labute approximate surface area is 137 Å². The Morgan fingerprint density at radius 2 is 2.19 bits per heavy atom. The number of aryl methyl sites for hydroxylation is 1. The van der Waals surface area contributed by atoms with Crippen molar-refractivity contribution in [2.75, 3.05) is 13.1 Å². The van der Waals surface area contributed by atoms with E-state index in [0.717, 1.165) is 22.9 Å². The molecule has 1 saturated heterocycles. The second-order valence-corrected chi connectivity index (χ2v) is 6.72. The van der Waals surface area contributed by atoms with Gasteiger partial charge in [-0.2, -0.15) is 0 Å². The molecule has 1 unspecified atom stereocenters. The third kappa shape index (κ3) is 3.98. The van der Waals surface area contributed by atoms with E-state index in [9.17, 15) is 9.59 Å². The lowest BCUT2D eigenvalue weighted by Gasteiger charge is -2.32. The van der Waals surface area contributed by atoms with Crippen molar-refractivity contribution in [3.8, 4) is 0 Å². The molecule has 0 aliphatic carbocycles. The minimum atomic E-state index is -0.308. The highest BCUT2D eigenvalue weighted by Gasteiger charge is 2.26. The van der Waals surface area contributed by atoms with Crippen molar-refractivity contribution in [2.45, 2.75) is 26.2 Å². The topological polar surface area (TPSA) is 63.4 Å². The van der Waals surface area contributed by atoms with E-state index in [1.807, 2.05) is 13.0 Å². The molecule has 21 heavy (non-hydrogen) atoms. The number of likely N-dealkylation sites (tertiary alicyclic amines) is 1. The summed E-state index contributed by atoms with van der Waals surface area (Å²) in [6, 6.07) is 3.51. The average Bonchev–Trinajstić information content (AvgIpc) is 2.43. The molecule has 0 radical (unpaired) electrons. The standard InChI is InChI=1S/C15H18BrClN2O2/c1-9-5-11(7-12(17)14(9)16)15(21)19-4-2-3-10(8-19)6-13(18)20/h5,7,10H,2-4,6,8H2,1H3,(H2,18,20). The maximum absolute atomic E-state index is 12.6. The van der Waals surface area contributed by atoms with Crippen molar-refractivity contribution in [3.63, 3.8) is 0 Å². The molecule has 2 N–H and O–H groups in total. The van der Waals surface area contributed by atoms with Crippen molar-refractivity contribution in [2.24, 2.45) is 11.7 Å². The van der Waals surface area contributed by atoms with Crippen LogP contribution in [0.1, 0.15) is 35.2 Å². The van der Waals surface area contributed by atoms with E-state index >= 15 is 0 Å². The first-order valence-electron chi connectivity index (χ1n) is 6.91. The number of benzene rings is 1. The number of primary amides is 1. The summed E-state index contributed by atoms with van der Waals surface area (Å²) >= 11 is 9.51. The molecule has 0 bridgehead atoms. The van der Waals surface area contributed by atoms with Crippen LogP contribution in [0.5, 0.6) is 0 Å². The quantitative estimate of drug-likeness (QED) is 0.884.